The quantitative estimate of drug-likeness (QED) is 0.844. The van der Waals surface area contributed by atoms with E-state index in [1.54, 1.807) is 4.90 Å². The molecule has 0 saturated heterocycles. The lowest BCUT2D eigenvalue weighted by atomic mass is 9.83. The highest BCUT2D eigenvalue weighted by molar-refractivity contribution is 7.79. The van der Waals surface area contributed by atoms with Gasteiger partial charge in [0.1, 0.15) is 12.4 Å². The largest absolute Gasteiger partial charge is 0.507 e. The van der Waals surface area contributed by atoms with Gasteiger partial charge in [-0.1, -0.05) is 20.8 Å². The number of aromatic hydroxyl groups is 1. The fraction of sp³-hybridized carbons (Fsp3) is 0.562. The van der Waals surface area contributed by atoms with Crippen LogP contribution in [0, 0.1) is 13.8 Å². The van der Waals surface area contributed by atoms with Gasteiger partial charge in [-0.05, 0) is 59.8 Å². The Balaban J connectivity index is 3.15. The first-order valence-electron chi connectivity index (χ1n) is 6.72. The van der Waals surface area contributed by atoms with Crippen molar-refractivity contribution < 1.29 is 9.84 Å². The maximum Gasteiger partial charge on any atom is 0.259 e. The Hall–Kier alpha value is -1.29. The molecule has 1 N–H and O–H groups in total. The molecule has 0 bridgehead atoms. The minimum atomic E-state index is -0.112. The Bertz CT molecular complexity index is 516. The van der Waals surface area contributed by atoms with Crippen molar-refractivity contribution in [1.82, 2.24) is 4.90 Å². The highest BCUT2D eigenvalue weighted by atomic mass is 32.1. The summed E-state index contributed by atoms with van der Waals surface area (Å²) in [4.78, 5) is 1.77. The van der Waals surface area contributed by atoms with Crippen molar-refractivity contribution in [3.63, 3.8) is 0 Å². The average Bonchev–Trinajstić information content (AvgIpc) is 2.33. The molecule has 4 heteroatoms. The third-order valence-corrected chi connectivity index (χ3v) is 3.98. The van der Waals surface area contributed by atoms with E-state index in [2.05, 4.69) is 20.8 Å². The minimum Gasteiger partial charge on any atom is -0.507 e. The van der Waals surface area contributed by atoms with Crippen LogP contribution in [0.2, 0.25) is 0 Å². The van der Waals surface area contributed by atoms with Crippen molar-refractivity contribution in [3.8, 4) is 5.75 Å². The average molecular weight is 295 g/mol. The van der Waals surface area contributed by atoms with Gasteiger partial charge in [0, 0.05) is 14.1 Å². The molecule has 20 heavy (non-hydrogen) atoms. The number of thiocarbonyl (C=S) groups is 1. The van der Waals surface area contributed by atoms with Crippen LogP contribution in [0.5, 0.6) is 5.75 Å². The zero-order valence-electron chi connectivity index (χ0n) is 13.5. The van der Waals surface area contributed by atoms with E-state index in [4.69, 9.17) is 17.0 Å². The molecule has 112 valence electrons. The van der Waals surface area contributed by atoms with Crippen molar-refractivity contribution in [3.05, 3.63) is 28.3 Å². The summed E-state index contributed by atoms with van der Waals surface area (Å²) in [5.41, 5.74) is 3.85. The summed E-state index contributed by atoms with van der Waals surface area (Å²) >= 11 is 5.14. The maximum absolute atomic E-state index is 10.3. The zero-order chi connectivity index (χ0) is 15.7. The first kappa shape index (κ1) is 16.8. The van der Waals surface area contributed by atoms with Crippen LogP contribution >= 0.6 is 12.2 Å². The lowest BCUT2D eigenvalue weighted by Gasteiger charge is -2.24. The summed E-state index contributed by atoms with van der Waals surface area (Å²) in [5, 5.41) is 10.8. The first-order valence-corrected chi connectivity index (χ1v) is 7.13. The van der Waals surface area contributed by atoms with Crippen LogP contribution in [0.4, 0.5) is 0 Å². The number of nitrogens with zero attached hydrogens (tertiary/aromatic N) is 1. The molecule has 0 atom stereocenters. The molecule has 0 aromatic heterocycles. The predicted octanol–water partition coefficient (Wildman–Crippen LogP) is 3.67. The van der Waals surface area contributed by atoms with Crippen molar-refractivity contribution in [2.24, 2.45) is 0 Å². The van der Waals surface area contributed by atoms with Gasteiger partial charge in [0.05, 0.1) is 0 Å². The molecule has 1 rings (SSSR count). The molecule has 0 aliphatic heterocycles. The van der Waals surface area contributed by atoms with Crippen molar-refractivity contribution in [2.45, 2.75) is 46.6 Å². The third-order valence-electron chi connectivity index (χ3n) is 3.50. The van der Waals surface area contributed by atoms with Gasteiger partial charge in [-0.25, -0.2) is 0 Å². The Morgan fingerprint density at radius 2 is 1.80 bits per heavy atom. The number of phenolic OH excluding ortho intramolecular Hbond substituents is 1. The molecule has 3 nitrogen and oxygen atoms in total. The number of benzene rings is 1. The Morgan fingerprint density at radius 1 is 1.25 bits per heavy atom. The monoisotopic (exact) mass is 295 g/mol. The molecule has 0 spiro atoms. The zero-order valence-corrected chi connectivity index (χ0v) is 14.3. The predicted molar refractivity (Wildman–Crippen MR) is 87.4 cm³/mol. The molecular weight excluding hydrogens is 270 g/mol. The highest BCUT2D eigenvalue weighted by Gasteiger charge is 2.22. The first-order chi connectivity index (χ1) is 9.05. The number of hydrogen-bond donors (Lipinski definition) is 1. The molecule has 0 aliphatic carbocycles. The molecule has 0 radical (unpaired) electrons. The Labute approximate surface area is 127 Å². The van der Waals surface area contributed by atoms with E-state index in [1.807, 2.05) is 34.0 Å². The van der Waals surface area contributed by atoms with Crippen LogP contribution in [0.25, 0.3) is 0 Å². The highest BCUT2D eigenvalue weighted by Crippen LogP contribution is 2.36. The van der Waals surface area contributed by atoms with Gasteiger partial charge in [0.15, 0.2) is 0 Å². The van der Waals surface area contributed by atoms with Gasteiger partial charge < -0.3 is 14.7 Å². The van der Waals surface area contributed by atoms with Crippen LogP contribution in [-0.4, -0.2) is 29.3 Å². The second-order valence-corrected chi connectivity index (χ2v) is 6.73. The topological polar surface area (TPSA) is 32.7 Å². The third kappa shape index (κ3) is 3.63. The van der Waals surface area contributed by atoms with E-state index in [-0.39, 0.29) is 5.41 Å². The van der Waals surface area contributed by atoms with Crippen molar-refractivity contribution in [2.75, 3.05) is 14.1 Å². The van der Waals surface area contributed by atoms with Crippen LogP contribution in [0.3, 0.4) is 0 Å². The van der Waals surface area contributed by atoms with Gasteiger partial charge in [0.2, 0.25) is 0 Å². The Kier molecular flexibility index (Phi) is 5.03. The maximum atomic E-state index is 10.3. The standard InChI is InChI=1S/C16H25NO2S/c1-10-11(2)14(18)13(16(3,4)5)8-12(10)9-19-15(20)17(6)7/h8,18H,9H2,1-7H3. The van der Waals surface area contributed by atoms with Crippen LogP contribution < -0.4 is 0 Å². The normalized spacial score (nSPS) is 11.3. The summed E-state index contributed by atoms with van der Waals surface area (Å²) in [6, 6.07) is 2.02. The van der Waals surface area contributed by atoms with Gasteiger partial charge >= 0.3 is 0 Å². The second-order valence-electron chi connectivity index (χ2n) is 6.38. The number of rotatable bonds is 2. The molecule has 1 aromatic rings. The fourth-order valence-corrected chi connectivity index (χ4v) is 2.02. The van der Waals surface area contributed by atoms with E-state index in [0.29, 0.717) is 17.5 Å². The number of phenols is 1. The van der Waals surface area contributed by atoms with Gasteiger partial charge in [-0.15, -0.1) is 0 Å². The molecule has 0 unspecified atom stereocenters. The van der Waals surface area contributed by atoms with Gasteiger partial charge in [0.25, 0.3) is 5.17 Å². The van der Waals surface area contributed by atoms with E-state index in [0.717, 1.165) is 22.3 Å². The van der Waals surface area contributed by atoms with E-state index >= 15 is 0 Å². The van der Waals surface area contributed by atoms with Gasteiger partial charge in [-0.3, -0.25) is 0 Å². The van der Waals surface area contributed by atoms with Crippen molar-refractivity contribution in [1.29, 1.82) is 0 Å². The fourth-order valence-electron chi connectivity index (χ4n) is 1.96. The summed E-state index contributed by atoms with van der Waals surface area (Å²) in [5.74, 6) is 0.383. The molecule has 0 aliphatic rings. The summed E-state index contributed by atoms with van der Waals surface area (Å²) in [6.45, 7) is 10.6. The van der Waals surface area contributed by atoms with Crippen LogP contribution in [-0.2, 0) is 16.8 Å². The van der Waals surface area contributed by atoms with Crippen LogP contribution in [0.1, 0.15) is 43.0 Å². The molecule has 1 aromatic carbocycles. The van der Waals surface area contributed by atoms with E-state index < -0.39 is 0 Å². The summed E-state index contributed by atoms with van der Waals surface area (Å²) in [7, 11) is 3.72. The molecule has 0 saturated carbocycles. The molecule has 0 amide bonds. The number of hydrogen-bond acceptors (Lipinski definition) is 3. The molecular formula is C16H25NO2S. The van der Waals surface area contributed by atoms with Gasteiger partial charge in [-0.2, -0.15) is 0 Å². The van der Waals surface area contributed by atoms with E-state index in [1.165, 1.54) is 0 Å². The Morgan fingerprint density at radius 3 is 2.25 bits per heavy atom. The van der Waals surface area contributed by atoms with Crippen molar-refractivity contribution >= 4 is 17.4 Å². The SMILES string of the molecule is Cc1c(COC(=S)N(C)C)cc(C(C)(C)C)c(O)c1C. The summed E-state index contributed by atoms with van der Waals surface area (Å²) in [6.07, 6.45) is 0. The van der Waals surface area contributed by atoms with E-state index in [9.17, 15) is 5.11 Å². The lowest BCUT2D eigenvalue weighted by Crippen LogP contribution is -2.22. The second kappa shape index (κ2) is 6.00. The molecule has 0 heterocycles. The molecule has 0 fully saturated rings. The minimum absolute atomic E-state index is 0.112. The summed E-state index contributed by atoms with van der Waals surface area (Å²) < 4.78 is 5.61. The van der Waals surface area contributed by atoms with Crippen LogP contribution in [0.15, 0.2) is 6.07 Å². The lowest BCUT2D eigenvalue weighted by molar-refractivity contribution is 0.256. The smallest absolute Gasteiger partial charge is 0.259 e. The number of ether oxygens (including phenoxy) is 1.